The molecule has 0 aliphatic heterocycles. The second-order valence-electron chi connectivity index (χ2n) is 6.38. The quantitative estimate of drug-likeness (QED) is 0.746. The predicted octanol–water partition coefficient (Wildman–Crippen LogP) is 4.80. The van der Waals surface area contributed by atoms with E-state index >= 15 is 0 Å². The number of carbonyl (C=O) groups excluding carboxylic acids is 1. The molecule has 24 heavy (non-hydrogen) atoms. The zero-order valence-electron chi connectivity index (χ0n) is 14.0. The number of thiazole rings is 1. The summed E-state index contributed by atoms with van der Waals surface area (Å²) in [5, 5.41) is 8.56. The molecular formula is C17H21BrN4OS. The Labute approximate surface area is 154 Å². The van der Waals surface area contributed by atoms with Gasteiger partial charge in [0.15, 0.2) is 0 Å². The normalized spacial score (nSPS) is 15.4. The van der Waals surface area contributed by atoms with Gasteiger partial charge in [-0.15, -0.1) is 11.3 Å². The summed E-state index contributed by atoms with van der Waals surface area (Å²) in [6.07, 6.45) is 4.14. The van der Waals surface area contributed by atoms with Gasteiger partial charge in [0.25, 0.3) is 0 Å². The van der Waals surface area contributed by atoms with Crippen LogP contribution in [0.5, 0.6) is 0 Å². The molecule has 128 valence electrons. The van der Waals surface area contributed by atoms with E-state index in [9.17, 15) is 4.79 Å². The van der Waals surface area contributed by atoms with Crippen LogP contribution in [0, 0.1) is 5.92 Å². The van der Waals surface area contributed by atoms with E-state index in [1.165, 1.54) is 18.5 Å². The van der Waals surface area contributed by atoms with Crippen molar-refractivity contribution in [1.29, 1.82) is 0 Å². The van der Waals surface area contributed by atoms with Crippen LogP contribution in [0.1, 0.15) is 39.3 Å². The topological polar surface area (TPSA) is 66.9 Å². The Kier molecular flexibility index (Phi) is 4.92. The first-order valence-corrected chi connectivity index (χ1v) is 9.80. The first-order valence-electron chi connectivity index (χ1n) is 8.13. The number of halogens is 1. The highest BCUT2D eigenvalue weighted by atomic mass is 79.9. The molecule has 0 unspecified atom stereocenters. The van der Waals surface area contributed by atoms with Gasteiger partial charge in [-0.1, -0.05) is 13.8 Å². The molecule has 0 aromatic carbocycles. The highest BCUT2D eigenvalue weighted by molar-refractivity contribution is 9.10. The predicted molar refractivity (Wildman–Crippen MR) is 101 cm³/mol. The summed E-state index contributed by atoms with van der Waals surface area (Å²) in [6, 6.07) is 1.60. The van der Waals surface area contributed by atoms with E-state index in [0.717, 1.165) is 15.0 Å². The Morgan fingerprint density at radius 1 is 1.46 bits per heavy atom. The van der Waals surface area contributed by atoms with Crippen molar-refractivity contribution in [2.45, 2.75) is 39.0 Å². The number of pyridine rings is 1. The van der Waals surface area contributed by atoms with Crippen molar-refractivity contribution in [3.63, 3.8) is 0 Å². The molecule has 2 N–H and O–H groups in total. The molecule has 2 amide bonds. The summed E-state index contributed by atoms with van der Waals surface area (Å²) < 4.78 is 0.874. The van der Waals surface area contributed by atoms with Gasteiger partial charge in [0.2, 0.25) is 0 Å². The third-order valence-corrected chi connectivity index (χ3v) is 6.08. The van der Waals surface area contributed by atoms with Gasteiger partial charge in [-0.2, -0.15) is 0 Å². The van der Waals surface area contributed by atoms with Crippen molar-refractivity contribution in [2.24, 2.45) is 5.92 Å². The summed E-state index contributed by atoms with van der Waals surface area (Å²) in [6.45, 7) is 6.98. The molecule has 7 heteroatoms. The van der Waals surface area contributed by atoms with E-state index in [-0.39, 0.29) is 11.4 Å². The number of hydrogen-bond acceptors (Lipinski definition) is 4. The number of rotatable bonds is 5. The van der Waals surface area contributed by atoms with E-state index in [1.54, 1.807) is 17.5 Å². The Morgan fingerprint density at radius 2 is 2.21 bits per heavy atom. The van der Waals surface area contributed by atoms with Crippen LogP contribution in [0.15, 0.2) is 22.1 Å². The smallest absolute Gasteiger partial charge is 0.320 e. The van der Waals surface area contributed by atoms with Crippen LogP contribution in [0.25, 0.3) is 10.6 Å². The third-order valence-electron chi connectivity index (χ3n) is 4.57. The molecule has 2 heterocycles. The fourth-order valence-corrected chi connectivity index (χ4v) is 4.38. The molecule has 0 spiro atoms. The third kappa shape index (κ3) is 3.32. The fourth-order valence-electron chi connectivity index (χ4n) is 2.88. The Bertz CT molecular complexity index is 755. The molecule has 0 bridgehead atoms. The first kappa shape index (κ1) is 17.4. The van der Waals surface area contributed by atoms with Gasteiger partial charge in [0, 0.05) is 33.6 Å². The van der Waals surface area contributed by atoms with Crippen molar-refractivity contribution < 1.29 is 4.79 Å². The van der Waals surface area contributed by atoms with E-state index in [4.69, 9.17) is 4.98 Å². The Hall–Kier alpha value is -1.47. The minimum atomic E-state index is -0.255. The maximum absolute atomic E-state index is 11.7. The molecule has 0 saturated heterocycles. The van der Waals surface area contributed by atoms with Gasteiger partial charge < -0.3 is 5.32 Å². The maximum Gasteiger partial charge on any atom is 0.320 e. The van der Waals surface area contributed by atoms with Gasteiger partial charge in [-0.25, -0.2) is 14.8 Å². The average molecular weight is 409 g/mol. The van der Waals surface area contributed by atoms with E-state index in [1.807, 2.05) is 13.0 Å². The summed E-state index contributed by atoms with van der Waals surface area (Å²) >= 11 is 5.19. The zero-order chi connectivity index (χ0) is 17.3. The van der Waals surface area contributed by atoms with Gasteiger partial charge in [0.1, 0.15) is 10.8 Å². The second kappa shape index (κ2) is 6.80. The number of carbonyl (C=O) groups is 1. The van der Waals surface area contributed by atoms with Crippen LogP contribution in [-0.4, -0.2) is 22.5 Å². The molecule has 0 atom stereocenters. The van der Waals surface area contributed by atoms with E-state index in [0.29, 0.717) is 18.3 Å². The summed E-state index contributed by atoms with van der Waals surface area (Å²) in [5.74, 6) is 1.11. The summed E-state index contributed by atoms with van der Waals surface area (Å²) in [5.41, 5.74) is 2.41. The molecule has 2 aromatic heterocycles. The van der Waals surface area contributed by atoms with Gasteiger partial charge >= 0.3 is 6.03 Å². The van der Waals surface area contributed by atoms with Crippen LogP contribution < -0.4 is 10.6 Å². The van der Waals surface area contributed by atoms with E-state index < -0.39 is 0 Å². The van der Waals surface area contributed by atoms with Crippen molar-refractivity contribution in [2.75, 3.05) is 11.9 Å². The lowest BCUT2D eigenvalue weighted by Gasteiger charge is -2.16. The lowest BCUT2D eigenvalue weighted by Crippen LogP contribution is -2.28. The van der Waals surface area contributed by atoms with Crippen molar-refractivity contribution in [1.82, 2.24) is 15.3 Å². The number of hydrogen-bond donors (Lipinski definition) is 2. The highest BCUT2D eigenvalue weighted by Gasteiger charge is 2.48. The molecule has 1 aliphatic rings. The van der Waals surface area contributed by atoms with Gasteiger partial charge in [0.05, 0.1) is 5.69 Å². The second-order valence-corrected chi connectivity index (χ2v) is 8.10. The number of urea groups is 1. The molecule has 0 radical (unpaired) electrons. The summed E-state index contributed by atoms with van der Waals surface area (Å²) in [4.78, 5) is 20.8. The highest BCUT2D eigenvalue weighted by Crippen LogP contribution is 2.54. The van der Waals surface area contributed by atoms with Crippen molar-refractivity contribution in [3.8, 4) is 10.6 Å². The number of nitrogens with one attached hydrogen (secondary N) is 2. The Morgan fingerprint density at radius 3 is 2.83 bits per heavy atom. The monoisotopic (exact) mass is 408 g/mol. The number of aromatic nitrogens is 2. The Balaban J connectivity index is 1.87. The zero-order valence-corrected chi connectivity index (χ0v) is 16.4. The maximum atomic E-state index is 11.7. The number of anilines is 1. The lowest BCUT2D eigenvalue weighted by atomic mass is 9.90. The molecule has 1 fully saturated rings. The van der Waals surface area contributed by atoms with Gasteiger partial charge in [-0.05, 0) is 47.7 Å². The van der Waals surface area contributed by atoms with Crippen LogP contribution in [0.3, 0.4) is 0 Å². The molecule has 2 aromatic rings. The van der Waals surface area contributed by atoms with Crippen LogP contribution >= 0.6 is 27.3 Å². The summed E-state index contributed by atoms with van der Waals surface area (Å²) in [7, 11) is 0. The van der Waals surface area contributed by atoms with E-state index in [2.05, 4.69) is 50.8 Å². The van der Waals surface area contributed by atoms with Crippen LogP contribution in [-0.2, 0) is 5.41 Å². The van der Waals surface area contributed by atoms with Crippen LogP contribution in [0.2, 0.25) is 0 Å². The number of nitrogens with zero attached hydrogens (tertiary/aromatic N) is 2. The molecule has 1 aliphatic carbocycles. The minimum absolute atomic E-state index is 0.255. The SMILES string of the molecule is CCNC(=O)Nc1cc(-c2nc(C3(C(C)C)CC3)cs2)c(Br)cn1. The molecule has 1 saturated carbocycles. The molecule has 5 nitrogen and oxygen atoms in total. The largest absolute Gasteiger partial charge is 0.338 e. The standard InChI is InChI=1S/C17H21BrN4OS/c1-4-19-16(23)22-14-7-11(12(18)8-20-14)15-21-13(9-24-15)17(5-6-17)10(2)3/h7-10H,4-6H2,1-3H3,(H2,19,20,22,23). The minimum Gasteiger partial charge on any atom is -0.338 e. The first-order chi connectivity index (χ1) is 11.5. The van der Waals surface area contributed by atoms with Crippen LogP contribution in [0.4, 0.5) is 10.6 Å². The van der Waals surface area contributed by atoms with Crippen molar-refractivity contribution in [3.05, 3.63) is 27.8 Å². The fraction of sp³-hybridized carbons (Fsp3) is 0.471. The number of amides is 2. The molecular weight excluding hydrogens is 388 g/mol. The average Bonchev–Trinajstić information content (AvgIpc) is 3.21. The molecule has 3 rings (SSSR count). The van der Waals surface area contributed by atoms with Crippen molar-refractivity contribution >= 4 is 39.1 Å². The lowest BCUT2D eigenvalue weighted by molar-refractivity contribution is 0.252. The van der Waals surface area contributed by atoms with Gasteiger partial charge in [-0.3, -0.25) is 5.32 Å².